The number of ether oxygens (including phenoxy) is 3. The van der Waals surface area contributed by atoms with Crippen LogP contribution in [0.15, 0.2) is 55.6 Å². The number of rotatable bonds is 17. The molecule has 1 aromatic rings. The zero-order valence-corrected chi connectivity index (χ0v) is 28.4. The molecule has 0 aliphatic carbocycles. The smallest absolute Gasteiger partial charge is 0.313 e. The molecule has 1 spiro atoms. The van der Waals surface area contributed by atoms with Gasteiger partial charge in [0.2, 0.25) is 17.7 Å². The van der Waals surface area contributed by atoms with Crippen molar-refractivity contribution in [1.29, 1.82) is 0 Å². The molecule has 12 heteroatoms. The maximum absolute atomic E-state index is 14.3. The average Bonchev–Trinajstić information content (AvgIpc) is 3.63. The zero-order valence-electron chi connectivity index (χ0n) is 26.8. The second kappa shape index (κ2) is 15.7. The number of nitrogens with zero attached hydrogens (tertiary/aromatic N) is 2. The number of aliphatic hydroxyl groups excluding tert-OH is 1. The van der Waals surface area contributed by atoms with Gasteiger partial charge in [0.05, 0.1) is 30.6 Å². The summed E-state index contributed by atoms with van der Waals surface area (Å²) in [6.45, 7) is 11.6. The molecule has 3 heterocycles. The maximum atomic E-state index is 14.3. The molecule has 46 heavy (non-hydrogen) atoms. The van der Waals surface area contributed by atoms with Crippen LogP contribution in [0.4, 0.5) is 0 Å². The molecule has 252 valence electrons. The highest BCUT2D eigenvalue weighted by Crippen LogP contribution is 2.60. The van der Waals surface area contributed by atoms with Gasteiger partial charge in [-0.25, -0.2) is 0 Å². The Morgan fingerprint density at radius 2 is 1.96 bits per heavy atom. The van der Waals surface area contributed by atoms with Crippen LogP contribution in [0, 0.1) is 11.8 Å². The second-order valence-corrected chi connectivity index (χ2v) is 13.5. The largest absolute Gasteiger partial charge is 0.455 e. The lowest BCUT2D eigenvalue weighted by Crippen LogP contribution is -2.58. The number of carbonyl (C=O) groups excluding carboxylic acids is 4. The van der Waals surface area contributed by atoms with Crippen molar-refractivity contribution < 1.29 is 38.5 Å². The normalized spacial score (nSPS) is 27.7. The summed E-state index contributed by atoms with van der Waals surface area (Å²) >= 11 is 3.69. The number of methoxy groups -OCH3 is 1. The molecule has 2 bridgehead atoms. The summed E-state index contributed by atoms with van der Waals surface area (Å²) in [7, 11) is 1.50. The summed E-state index contributed by atoms with van der Waals surface area (Å²) in [6, 6.07) is 7.16. The molecule has 0 aromatic heterocycles. The number of hydrogen-bond donors (Lipinski definition) is 2. The van der Waals surface area contributed by atoms with Crippen molar-refractivity contribution in [2.24, 2.45) is 11.8 Å². The third-order valence-electron chi connectivity index (χ3n) is 9.09. The molecule has 3 fully saturated rings. The van der Waals surface area contributed by atoms with E-state index in [9.17, 15) is 24.3 Å². The molecule has 0 saturated carbocycles. The lowest BCUT2D eigenvalue weighted by atomic mass is 9.70. The van der Waals surface area contributed by atoms with E-state index in [-0.39, 0.29) is 67.7 Å². The van der Waals surface area contributed by atoms with Crippen molar-refractivity contribution >= 4 is 39.6 Å². The van der Waals surface area contributed by atoms with Gasteiger partial charge in [0.15, 0.2) is 0 Å². The molecule has 3 saturated heterocycles. The van der Waals surface area contributed by atoms with E-state index in [0.717, 1.165) is 0 Å². The number of amides is 3. The fraction of sp³-hybridized carbons (Fsp3) is 0.588. The standard InChI is InChI=1S/C34H46BrN3O8/c1-6-8-15-25(40)36-24(20-44-5)28(22-13-10-9-11-14-22)45-33(43)26-27-31(41)38(17-12-18-39)30(32(42)37(16-7-2)21(3)4)34(27)19-23(35)29(26)46-34/h6-7,9-11,13-14,21,23-24,26-30,39H,1-2,8,12,15-20H2,3-5H3,(H,36,40)/t23?,24-,26-,27+,28-,29-,30-,34+/m0/s1. The summed E-state index contributed by atoms with van der Waals surface area (Å²) in [4.78, 5) is 58.5. The molecule has 8 atom stereocenters. The first-order chi connectivity index (χ1) is 22.1. The SMILES string of the molecule is C=CCCC(=O)N[C@@H](COC)[C@@H](OC(=O)[C@@H]1[C@H]2O[C@@]3(CC2Br)[C@H](C(=O)N(CC=C)C(C)C)N(CCCO)C(=O)[C@@H]13)c1ccccc1. The number of esters is 1. The van der Waals surface area contributed by atoms with Crippen LogP contribution >= 0.6 is 15.9 Å². The molecule has 3 amide bonds. The Hall–Kier alpha value is -3.06. The molecule has 1 unspecified atom stereocenters. The van der Waals surface area contributed by atoms with E-state index < -0.39 is 47.7 Å². The fourth-order valence-electron chi connectivity index (χ4n) is 7.14. The number of aliphatic hydroxyl groups is 1. The maximum Gasteiger partial charge on any atom is 0.313 e. The van der Waals surface area contributed by atoms with Crippen LogP contribution in [-0.4, -0.2) is 107 Å². The van der Waals surface area contributed by atoms with E-state index >= 15 is 0 Å². The van der Waals surface area contributed by atoms with Crippen LogP contribution in [0.3, 0.4) is 0 Å². The Morgan fingerprint density at radius 3 is 2.57 bits per heavy atom. The van der Waals surface area contributed by atoms with Crippen molar-refractivity contribution in [3.05, 3.63) is 61.2 Å². The van der Waals surface area contributed by atoms with Gasteiger partial charge in [0.25, 0.3) is 0 Å². The number of likely N-dealkylation sites (tertiary alicyclic amines) is 1. The second-order valence-electron chi connectivity index (χ2n) is 12.4. The summed E-state index contributed by atoms with van der Waals surface area (Å²) in [5.41, 5.74) is -0.628. The first-order valence-electron chi connectivity index (χ1n) is 15.8. The molecule has 3 aliphatic rings. The van der Waals surface area contributed by atoms with E-state index in [4.69, 9.17) is 14.2 Å². The predicted octanol–water partition coefficient (Wildman–Crippen LogP) is 2.92. The van der Waals surface area contributed by atoms with E-state index in [0.29, 0.717) is 18.4 Å². The molecule has 0 radical (unpaired) electrons. The third kappa shape index (κ3) is 6.95. The number of fused-ring (bicyclic) bond motifs is 1. The molecule has 1 aromatic carbocycles. The molecule has 11 nitrogen and oxygen atoms in total. The fourth-order valence-corrected chi connectivity index (χ4v) is 8.08. The van der Waals surface area contributed by atoms with Gasteiger partial charge in [-0.1, -0.05) is 58.4 Å². The highest BCUT2D eigenvalue weighted by molar-refractivity contribution is 9.09. The molecule has 3 aliphatic heterocycles. The van der Waals surface area contributed by atoms with Crippen LogP contribution in [-0.2, 0) is 33.4 Å². The summed E-state index contributed by atoms with van der Waals surface area (Å²) in [5.74, 6) is -3.56. The Bertz CT molecular complexity index is 1280. The Morgan fingerprint density at radius 1 is 1.24 bits per heavy atom. The van der Waals surface area contributed by atoms with E-state index in [1.54, 1.807) is 29.2 Å². The quantitative estimate of drug-likeness (QED) is 0.144. The third-order valence-corrected chi connectivity index (χ3v) is 9.93. The molecule has 2 N–H and O–H groups in total. The number of alkyl halides is 1. The van der Waals surface area contributed by atoms with Crippen molar-refractivity contribution in [2.45, 2.75) is 80.3 Å². The van der Waals surface area contributed by atoms with Crippen molar-refractivity contribution in [3.8, 4) is 0 Å². The number of nitrogens with one attached hydrogen (secondary N) is 1. The monoisotopic (exact) mass is 703 g/mol. The Balaban J connectivity index is 1.71. The van der Waals surface area contributed by atoms with E-state index in [2.05, 4.69) is 34.4 Å². The van der Waals surface area contributed by atoms with E-state index in [1.165, 1.54) is 12.0 Å². The first-order valence-corrected chi connectivity index (χ1v) is 16.8. The van der Waals surface area contributed by atoms with Crippen LogP contribution in [0.25, 0.3) is 0 Å². The van der Waals surface area contributed by atoms with Gasteiger partial charge < -0.3 is 34.4 Å². The number of allylic oxidation sites excluding steroid dienone is 1. The Kier molecular flexibility index (Phi) is 12.2. The molecular weight excluding hydrogens is 658 g/mol. The number of benzene rings is 1. The van der Waals surface area contributed by atoms with Gasteiger partial charge in [-0.05, 0) is 38.7 Å². The van der Waals surface area contributed by atoms with Gasteiger partial charge in [-0.3, -0.25) is 19.2 Å². The predicted molar refractivity (Wildman–Crippen MR) is 175 cm³/mol. The first kappa shape index (κ1) is 35.8. The van der Waals surface area contributed by atoms with Crippen LogP contribution in [0.2, 0.25) is 0 Å². The highest BCUT2D eigenvalue weighted by atomic mass is 79.9. The van der Waals surface area contributed by atoms with Gasteiger partial charge in [-0.2, -0.15) is 0 Å². The van der Waals surface area contributed by atoms with Crippen LogP contribution < -0.4 is 5.32 Å². The molecule has 4 rings (SSSR count). The molecular formula is C34H46BrN3O8. The van der Waals surface area contributed by atoms with Gasteiger partial charge in [0, 0.05) is 44.1 Å². The lowest BCUT2D eigenvalue weighted by molar-refractivity contribution is -0.163. The van der Waals surface area contributed by atoms with Crippen LogP contribution in [0.1, 0.15) is 51.2 Å². The van der Waals surface area contributed by atoms with Gasteiger partial charge in [0.1, 0.15) is 17.7 Å². The van der Waals surface area contributed by atoms with Crippen molar-refractivity contribution in [3.63, 3.8) is 0 Å². The van der Waals surface area contributed by atoms with Gasteiger partial charge in [-0.15, -0.1) is 13.2 Å². The van der Waals surface area contributed by atoms with E-state index in [1.807, 2.05) is 32.0 Å². The van der Waals surface area contributed by atoms with Crippen molar-refractivity contribution in [2.75, 3.05) is 33.4 Å². The zero-order chi connectivity index (χ0) is 33.6. The summed E-state index contributed by atoms with van der Waals surface area (Å²) < 4.78 is 18.3. The number of carbonyl (C=O) groups is 4. The highest BCUT2D eigenvalue weighted by Gasteiger charge is 2.77. The van der Waals surface area contributed by atoms with Gasteiger partial charge >= 0.3 is 5.97 Å². The number of halogens is 1. The average molecular weight is 705 g/mol. The number of hydrogen-bond acceptors (Lipinski definition) is 8. The van der Waals surface area contributed by atoms with Crippen LogP contribution in [0.5, 0.6) is 0 Å². The minimum absolute atomic E-state index is 0.0600. The topological polar surface area (TPSA) is 135 Å². The minimum atomic E-state index is -1.27. The summed E-state index contributed by atoms with van der Waals surface area (Å²) in [6.07, 6.45) is 2.93. The minimum Gasteiger partial charge on any atom is -0.455 e. The Labute approximate surface area is 279 Å². The van der Waals surface area contributed by atoms with Crippen molar-refractivity contribution in [1.82, 2.24) is 15.1 Å². The lowest BCUT2D eigenvalue weighted by Gasteiger charge is -2.38. The summed E-state index contributed by atoms with van der Waals surface area (Å²) in [5, 5.41) is 12.6.